The Labute approximate surface area is 112 Å². The quantitative estimate of drug-likeness (QED) is 0.621. The molecule has 1 nitrogen and oxygen atoms in total. The Morgan fingerprint density at radius 3 is 1.73 bits per heavy atom. The number of hydrogen-bond donors (Lipinski definition) is 0. The van der Waals surface area contributed by atoms with Crippen molar-refractivity contribution in [3.8, 4) is 0 Å². The molecule has 0 amide bonds. The van der Waals surface area contributed by atoms with E-state index in [0.29, 0.717) is 0 Å². The maximum atomic E-state index is 4.93. The van der Waals surface area contributed by atoms with E-state index in [0.717, 1.165) is 11.8 Å². The Hall–Kier alpha value is 0.903. The van der Waals surface area contributed by atoms with Gasteiger partial charge in [-0.05, 0) is 24.7 Å². The maximum absolute atomic E-state index is 4.93. The average Bonchev–Trinajstić information content (AvgIpc) is 2.67. The summed E-state index contributed by atoms with van der Waals surface area (Å²) in [5, 5.41) is 3.50. The molecule has 0 heterocycles. The minimum absolute atomic E-state index is 0.826. The normalized spacial score (nSPS) is 25.3. The number of halogens is 2. The van der Waals surface area contributed by atoms with Crippen LogP contribution in [0, 0.1) is 11.8 Å². The zero-order valence-electron chi connectivity index (χ0n) is 9.29. The van der Waals surface area contributed by atoms with Gasteiger partial charge in [0.25, 0.3) is 0 Å². The van der Waals surface area contributed by atoms with Gasteiger partial charge in [-0.1, -0.05) is 30.7 Å². The van der Waals surface area contributed by atoms with Crippen molar-refractivity contribution >= 4 is 17.0 Å². The van der Waals surface area contributed by atoms with Gasteiger partial charge in [0.1, 0.15) is 0 Å². The van der Waals surface area contributed by atoms with Crippen molar-refractivity contribution in [3.63, 3.8) is 0 Å². The molecule has 0 aliphatic heterocycles. The minimum atomic E-state index is -0.826. The van der Waals surface area contributed by atoms with Gasteiger partial charge >= 0.3 is 37.9 Å². The van der Waals surface area contributed by atoms with Crippen LogP contribution in [0.5, 0.6) is 0 Å². The molecule has 2 unspecified atom stereocenters. The Morgan fingerprint density at radius 2 is 1.40 bits per heavy atom. The van der Waals surface area contributed by atoms with E-state index in [1.54, 1.807) is 14.1 Å². The first-order chi connectivity index (χ1) is 7.29. The number of fused-ring (bicyclic) bond motifs is 1. The fraction of sp³-hybridized carbons (Fsp3) is 0.636. The summed E-state index contributed by atoms with van der Waals surface area (Å²) in [6, 6.07) is 0. The van der Waals surface area contributed by atoms with Crippen LogP contribution in [0.15, 0.2) is 24.3 Å². The van der Waals surface area contributed by atoms with Crippen molar-refractivity contribution in [3.05, 3.63) is 29.6 Å². The first-order valence-electron chi connectivity index (χ1n) is 5.09. The van der Waals surface area contributed by atoms with Crippen molar-refractivity contribution in [2.24, 2.45) is 11.8 Å². The molecule has 0 bridgehead atoms. The van der Waals surface area contributed by atoms with Gasteiger partial charge in [0.2, 0.25) is 0 Å². The number of nitrogens with zero attached hydrogens (tertiary/aromatic N) is 1. The van der Waals surface area contributed by atoms with Crippen molar-refractivity contribution in [1.82, 2.24) is 0 Å². The molecular weight excluding hydrogens is 308 g/mol. The van der Waals surface area contributed by atoms with Gasteiger partial charge in [-0.25, -0.2) is 0 Å². The van der Waals surface area contributed by atoms with Gasteiger partial charge in [0.15, 0.2) is 0 Å². The van der Waals surface area contributed by atoms with E-state index < -0.39 is 20.8 Å². The summed E-state index contributed by atoms with van der Waals surface area (Å²) in [7, 11) is 13.4. The topological polar surface area (TPSA) is 14.1 Å². The molecule has 2 rings (SSSR count). The zero-order chi connectivity index (χ0) is 11.5. The van der Waals surface area contributed by atoms with Crippen molar-refractivity contribution in [2.75, 3.05) is 14.1 Å². The number of rotatable bonds is 0. The van der Waals surface area contributed by atoms with E-state index in [2.05, 4.69) is 29.6 Å². The van der Waals surface area contributed by atoms with E-state index in [1.807, 2.05) is 0 Å². The monoisotopic (exact) mass is 324 g/mol. The molecule has 84 valence electrons. The summed E-state index contributed by atoms with van der Waals surface area (Å²) >= 11 is -0.826. The van der Waals surface area contributed by atoms with E-state index in [9.17, 15) is 0 Å². The van der Waals surface area contributed by atoms with Crippen molar-refractivity contribution < 1.29 is 20.8 Å². The van der Waals surface area contributed by atoms with Crippen LogP contribution in [0.25, 0.3) is 5.32 Å². The summed E-state index contributed by atoms with van der Waals surface area (Å²) in [6.07, 6.45) is 13.4. The third-order valence-electron chi connectivity index (χ3n) is 2.45. The molecule has 0 N–H and O–H groups in total. The molecular formula is C11H18Cl2NZr+. The summed E-state index contributed by atoms with van der Waals surface area (Å²) in [4.78, 5) is 0. The molecule has 0 aromatic heterocycles. The van der Waals surface area contributed by atoms with Gasteiger partial charge in [-0.15, -0.1) is 0 Å². The molecule has 2 aliphatic carbocycles. The zero-order valence-corrected chi connectivity index (χ0v) is 13.3. The molecule has 1 fully saturated rings. The second-order valence-electron chi connectivity index (χ2n) is 3.55. The molecule has 0 radical (unpaired) electrons. The predicted molar refractivity (Wildman–Crippen MR) is 66.0 cm³/mol. The van der Waals surface area contributed by atoms with Crippen molar-refractivity contribution in [1.29, 1.82) is 0 Å². The first-order valence-corrected chi connectivity index (χ1v) is 11.4. The third kappa shape index (κ3) is 7.74. The molecule has 4 heteroatoms. The molecule has 1 saturated carbocycles. The van der Waals surface area contributed by atoms with E-state index in [-0.39, 0.29) is 0 Å². The van der Waals surface area contributed by atoms with Gasteiger partial charge in [-0.3, -0.25) is 0 Å². The van der Waals surface area contributed by atoms with Crippen LogP contribution in [0.3, 0.4) is 0 Å². The summed E-state index contributed by atoms with van der Waals surface area (Å²) in [6.45, 7) is 0. The van der Waals surface area contributed by atoms with Crippen LogP contribution in [0.4, 0.5) is 0 Å². The molecule has 0 aromatic rings. The van der Waals surface area contributed by atoms with E-state index in [1.165, 1.54) is 19.3 Å². The second kappa shape index (κ2) is 11.4. The molecule has 0 aromatic carbocycles. The molecule has 2 atom stereocenters. The van der Waals surface area contributed by atoms with E-state index in [4.69, 9.17) is 17.0 Å². The second-order valence-corrected chi connectivity index (χ2v) is 7.28. The molecule has 0 saturated heterocycles. The standard InChI is InChI=1S/C9H12.C2H6N.2ClH.Zr/c1-2-5-9-7-3-6-8(9)4-1;1-3-2;;;/h1-2,4-5,8-9H,3,6-7H2;1-2H3;2*1H;/q;-1;;;+4/p-2. The number of hydrogen-bond acceptors (Lipinski definition) is 0. The van der Waals surface area contributed by atoms with Crippen LogP contribution in [-0.4, -0.2) is 14.1 Å². The fourth-order valence-electron chi connectivity index (χ4n) is 1.91. The summed E-state index contributed by atoms with van der Waals surface area (Å²) in [5.74, 6) is 1.80. The van der Waals surface area contributed by atoms with Crippen LogP contribution in [-0.2, 0) is 20.8 Å². The van der Waals surface area contributed by atoms with Gasteiger partial charge in [-0.2, -0.15) is 14.1 Å². The SMILES string of the molecule is C1=CC2CCCC2C=C1.C[N-]C.[Cl][Zr+2][Cl]. The Morgan fingerprint density at radius 1 is 1.07 bits per heavy atom. The van der Waals surface area contributed by atoms with Gasteiger partial charge in [0, 0.05) is 0 Å². The van der Waals surface area contributed by atoms with Gasteiger partial charge < -0.3 is 5.32 Å². The fourth-order valence-corrected chi connectivity index (χ4v) is 1.91. The summed E-state index contributed by atoms with van der Waals surface area (Å²) < 4.78 is 0. The number of allylic oxidation sites excluding steroid dienone is 4. The summed E-state index contributed by atoms with van der Waals surface area (Å²) in [5.41, 5.74) is 0. The van der Waals surface area contributed by atoms with Crippen LogP contribution in [0.2, 0.25) is 0 Å². The van der Waals surface area contributed by atoms with Crippen LogP contribution < -0.4 is 0 Å². The van der Waals surface area contributed by atoms with Crippen LogP contribution >= 0.6 is 17.0 Å². The van der Waals surface area contributed by atoms with Crippen molar-refractivity contribution in [2.45, 2.75) is 19.3 Å². The van der Waals surface area contributed by atoms with Crippen LogP contribution in [0.1, 0.15) is 19.3 Å². The third-order valence-corrected chi connectivity index (χ3v) is 2.45. The van der Waals surface area contributed by atoms with Gasteiger partial charge in [0.05, 0.1) is 0 Å². The molecule has 15 heavy (non-hydrogen) atoms. The average molecular weight is 326 g/mol. The molecule has 0 spiro atoms. The first kappa shape index (κ1) is 15.9. The predicted octanol–water partition coefficient (Wildman–Crippen LogP) is 4.52. The Bertz CT molecular complexity index is 175. The van der Waals surface area contributed by atoms with E-state index >= 15 is 0 Å². The molecule has 2 aliphatic rings. The Balaban J connectivity index is 0.000000280. The Kier molecular flexibility index (Phi) is 12.1.